The molecule has 0 radical (unpaired) electrons. The highest BCUT2D eigenvalue weighted by Crippen LogP contribution is 2.33. The summed E-state index contributed by atoms with van der Waals surface area (Å²) in [4.78, 5) is 39.4. The fourth-order valence-electron chi connectivity index (χ4n) is 5.74. The van der Waals surface area contributed by atoms with E-state index in [0.717, 1.165) is 33.4 Å². The second-order valence-electron chi connectivity index (χ2n) is 10.5. The molecule has 0 spiro atoms. The molecule has 0 saturated carbocycles. The number of carbonyl (C=O) groups excluding carboxylic acids is 2. The van der Waals surface area contributed by atoms with E-state index in [1.54, 1.807) is 36.4 Å². The summed E-state index contributed by atoms with van der Waals surface area (Å²) >= 11 is 1.43. The third-order valence-electron chi connectivity index (χ3n) is 7.77. The maximum atomic E-state index is 13.4. The van der Waals surface area contributed by atoms with E-state index in [1.165, 1.54) is 23.3 Å². The lowest BCUT2D eigenvalue weighted by Gasteiger charge is -2.16. The lowest BCUT2D eigenvalue weighted by molar-refractivity contribution is -0.115. The van der Waals surface area contributed by atoms with Crippen molar-refractivity contribution in [3.8, 4) is 0 Å². The second kappa shape index (κ2) is 12.3. The summed E-state index contributed by atoms with van der Waals surface area (Å²) in [5, 5.41) is 18.7. The van der Waals surface area contributed by atoms with Crippen LogP contribution in [0.3, 0.4) is 0 Å². The van der Waals surface area contributed by atoms with Crippen molar-refractivity contribution in [2.45, 2.75) is 37.0 Å². The fourth-order valence-corrected chi connectivity index (χ4v) is 6.75. The molecule has 0 fully saturated rings. The Hall–Kier alpha value is -5.08. The first-order chi connectivity index (χ1) is 21.4. The van der Waals surface area contributed by atoms with E-state index >= 15 is 0 Å². The highest BCUT2D eigenvalue weighted by atomic mass is 32.2. The molecule has 0 aliphatic carbocycles. The minimum atomic E-state index is -1.09. The quantitative estimate of drug-likeness (QED) is 0.144. The molecule has 220 valence electrons. The number of rotatable bonds is 9. The van der Waals surface area contributed by atoms with Crippen LogP contribution in [0.2, 0.25) is 0 Å². The molecule has 0 aliphatic heterocycles. The van der Waals surface area contributed by atoms with Crippen LogP contribution in [0.4, 0.5) is 11.4 Å². The van der Waals surface area contributed by atoms with Crippen molar-refractivity contribution >= 4 is 73.5 Å². The summed E-state index contributed by atoms with van der Waals surface area (Å²) in [6.07, 6.45) is 0.610. The van der Waals surface area contributed by atoms with Crippen LogP contribution in [0.15, 0.2) is 108 Å². The minimum absolute atomic E-state index is 0.0737. The molecule has 0 bridgehead atoms. The third-order valence-corrected chi connectivity index (χ3v) is 9.13. The van der Waals surface area contributed by atoms with Gasteiger partial charge in [-0.2, -0.15) is 0 Å². The van der Waals surface area contributed by atoms with Gasteiger partial charge < -0.3 is 20.3 Å². The molecule has 8 heteroatoms. The molecular formula is C36H31N3O4S. The van der Waals surface area contributed by atoms with E-state index in [1.807, 2.05) is 49.4 Å². The smallest absolute Gasteiger partial charge is 0.336 e. The Balaban J connectivity index is 1.19. The number of aromatic nitrogens is 1. The van der Waals surface area contributed by atoms with Crippen LogP contribution in [0.5, 0.6) is 0 Å². The molecule has 6 rings (SSSR count). The maximum Gasteiger partial charge on any atom is 0.336 e. The summed E-state index contributed by atoms with van der Waals surface area (Å²) < 4.78 is 2.28. The predicted octanol–water partition coefficient (Wildman–Crippen LogP) is 8.43. The lowest BCUT2D eigenvalue weighted by atomic mass is 9.98. The third kappa shape index (κ3) is 5.52. The largest absolute Gasteiger partial charge is 0.478 e. The van der Waals surface area contributed by atoms with Crippen molar-refractivity contribution in [2.24, 2.45) is 0 Å². The van der Waals surface area contributed by atoms with Crippen molar-refractivity contribution in [3.63, 3.8) is 0 Å². The van der Waals surface area contributed by atoms with Crippen molar-refractivity contribution in [2.75, 3.05) is 10.6 Å². The van der Waals surface area contributed by atoms with Gasteiger partial charge in [-0.25, -0.2) is 4.79 Å². The van der Waals surface area contributed by atoms with Crippen molar-refractivity contribution in [1.29, 1.82) is 0 Å². The number of carboxylic acids is 1. The highest BCUT2D eigenvalue weighted by molar-refractivity contribution is 8.00. The number of hydrogen-bond donors (Lipinski definition) is 3. The molecule has 6 aromatic rings. The number of fused-ring (bicyclic) bond motifs is 4. The lowest BCUT2D eigenvalue weighted by Crippen LogP contribution is -2.24. The van der Waals surface area contributed by atoms with E-state index in [9.17, 15) is 19.5 Å². The highest BCUT2D eigenvalue weighted by Gasteiger charge is 2.20. The number of nitrogens with one attached hydrogen (secondary N) is 2. The Bertz CT molecular complexity index is 2060. The summed E-state index contributed by atoms with van der Waals surface area (Å²) in [7, 11) is 0. The van der Waals surface area contributed by atoms with Gasteiger partial charge in [-0.05, 0) is 73.3 Å². The van der Waals surface area contributed by atoms with Gasteiger partial charge in [-0.1, -0.05) is 55.5 Å². The molecule has 0 saturated heterocycles. The minimum Gasteiger partial charge on any atom is -0.478 e. The number of aryl methyl sites for hydroxylation is 1. The van der Waals surface area contributed by atoms with Gasteiger partial charge in [0.15, 0.2) is 0 Å². The topological polar surface area (TPSA) is 100 Å². The molecule has 7 nitrogen and oxygen atoms in total. The van der Waals surface area contributed by atoms with Gasteiger partial charge in [0.05, 0.1) is 10.8 Å². The molecule has 3 N–H and O–H groups in total. The number of nitrogens with zero attached hydrogens (tertiary/aromatic N) is 1. The van der Waals surface area contributed by atoms with Gasteiger partial charge >= 0.3 is 5.97 Å². The monoisotopic (exact) mass is 601 g/mol. The number of amides is 2. The van der Waals surface area contributed by atoms with Crippen LogP contribution in [-0.2, 0) is 11.3 Å². The van der Waals surface area contributed by atoms with E-state index < -0.39 is 11.9 Å². The van der Waals surface area contributed by atoms with Crippen LogP contribution < -0.4 is 10.6 Å². The predicted molar refractivity (Wildman–Crippen MR) is 179 cm³/mol. The SMILES string of the molecule is CCC(Sc1cccc(NC(=O)c2cccc3cccc(C(=O)O)c23)c1)C(=O)Nc1ccc2c(c1)c1ccccc1n2CC. The van der Waals surface area contributed by atoms with Crippen molar-refractivity contribution < 1.29 is 19.5 Å². The molecule has 5 aromatic carbocycles. The summed E-state index contributed by atoms with van der Waals surface area (Å²) in [6.45, 7) is 4.96. The van der Waals surface area contributed by atoms with Gasteiger partial charge in [-0.15, -0.1) is 11.8 Å². The first-order valence-electron chi connectivity index (χ1n) is 14.5. The average molecular weight is 602 g/mol. The number of anilines is 2. The number of hydrogen-bond acceptors (Lipinski definition) is 4. The average Bonchev–Trinajstić information content (AvgIpc) is 3.36. The molecule has 1 atom stereocenters. The van der Waals surface area contributed by atoms with Crippen molar-refractivity contribution in [1.82, 2.24) is 4.57 Å². The molecular weight excluding hydrogens is 570 g/mol. The molecule has 44 heavy (non-hydrogen) atoms. The van der Waals surface area contributed by atoms with Crippen LogP contribution in [0.1, 0.15) is 41.0 Å². The van der Waals surface area contributed by atoms with E-state index in [4.69, 9.17) is 0 Å². The Morgan fingerprint density at radius 1 is 0.750 bits per heavy atom. The summed E-state index contributed by atoms with van der Waals surface area (Å²) in [6, 6.07) is 31.8. The van der Waals surface area contributed by atoms with Gasteiger partial charge in [0.25, 0.3) is 5.91 Å². The number of thioether (sulfide) groups is 1. The molecule has 1 aromatic heterocycles. The van der Waals surface area contributed by atoms with E-state index in [2.05, 4.69) is 40.3 Å². The molecule has 0 aliphatic rings. The zero-order chi connectivity index (χ0) is 30.8. The first kappa shape index (κ1) is 29.0. The Morgan fingerprint density at radius 3 is 2.20 bits per heavy atom. The van der Waals surface area contributed by atoms with Gasteiger partial charge in [0.1, 0.15) is 0 Å². The maximum absolute atomic E-state index is 13.4. The number of carboxylic acid groups (broad SMARTS) is 1. The van der Waals surface area contributed by atoms with Crippen LogP contribution >= 0.6 is 11.8 Å². The van der Waals surface area contributed by atoms with Gasteiger partial charge in [0, 0.05) is 55.6 Å². The summed E-state index contributed by atoms with van der Waals surface area (Å²) in [5.74, 6) is -1.59. The Morgan fingerprint density at radius 2 is 1.45 bits per heavy atom. The fraction of sp³-hybridized carbons (Fsp3) is 0.139. The van der Waals surface area contributed by atoms with E-state index in [-0.39, 0.29) is 22.3 Å². The Kier molecular flexibility index (Phi) is 8.09. The van der Waals surface area contributed by atoms with Crippen molar-refractivity contribution in [3.05, 3.63) is 114 Å². The first-order valence-corrected chi connectivity index (χ1v) is 15.4. The molecule has 1 heterocycles. The number of benzene rings is 5. The standard InChI is InChI=1S/C36H31N3O4S/c1-3-32(35(41)38-24-18-19-31-29(21-24)26-14-5-6-17-30(26)39(31)4-2)44-25-13-9-12-23(20-25)37-34(40)27-15-7-10-22-11-8-16-28(33(22)27)36(42)43/h5-21,32H,3-4H2,1-2H3,(H,37,40)(H,38,41)(H,42,43). The van der Waals surface area contributed by atoms with Crippen LogP contribution in [-0.4, -0.2) is 32.7 Å². The van der Waals surface area contributed by atoms with Gasteiger partial charge in [0.2, 0.25) is 5.91 Å². The van der Waals surface area contributed by atoms with E-state index in [0.29, 0.717) is 22.9 Å². The Labute approximate surface area is 258 Å². The van der Waals surface area contributed by atoms with Gasteiger partial charge in [-0.3, -0.25) is 9.59 Å². The van der Waals surface area contributed by atoms with Crippen LogP contribution in [0, 0.1) is 0 Å². The number of carbonyl (C=O) groups is 3. The summed E-state index contributed by atoms with van der Waals surface area (Å²) in [5.41, 5.74) is 3.96. The molecule has 1 unspecified atom stereocenters. The number of aromatic carboxylic acids is 1. The molecule has 2 amide bonds. The zero-order valence-corrected chi connectivity index (χ0v) is 25.2. The second-order valence-corrected chi connectivity index (χ2v) is 11.8. The van der Waals surface area contributed by atoms with Crippen LogP contribution in [0.25, 0.3) is 32.6 Å². The zero-order valence-electron chi connectivity index (χ0n) is 24.3. The normalized spacial score (nSPS) is 12.0. The number of para-hydroxylation sites is 1.